The van der Waals surface area contributed by atoms with E-state index in [9.17, 15) is 14.9 Å². The number of carbonyl (C=O) groups is 2. The molecule has 0 saturated carbocycles. The molecule has 0 aliphatic heterocycles. The van der Waals surface area contributed by atoms with Gasteiger partial charge >= 0.3 is 5.97 Å². The van der Waals surface area contributed by atoms with Crippen molar-refractivity contribution in [3.63, 3.8) is 0 Å². The van der Waals surface area contributed by atoms with Gasteiger partial charge in [0.15, 0.2) is 0 Å². The monoisotopic (exact) mass is 350 g/mol. The summed E-state index contributed by atoms with van der Waals surface area (Å²) in [4.78, 5) is 23.4. The van der Waals surface area contributed by atoms with E-state index in [1.807, 2.05) is 0 Å². The minimum Gasteiger partial charge on any atom is -0.480 e. The van der Waals surface area contributed by atoms with Gasteiger partial charge in [-0.25, -0.2) is 4.79 Å². The van der Waals surface area contributed by atoms with Gasteiger partial charge in [-0.2, -0.15) is 5.26 Å². The van der Waals surface area contributed by atoms with E-state index in [1.54, 1.807) is 0 Å². The fourth-order valence-corrected chi connectivity index (χ4v) is 4.22. The molecule has 0 spiro atoms. The number of carbonyl (C=O) groups excluding carboxylic acids is 1. The fraction of sp³-hybridized carbons (Fsp3) is 0.588. The summed E-state index contributed by atoms with van der Waals surface area (Å²) < 4.78 is 4.78. The first-order valence-corrected chi connectivity index (χ1v) is 8.68. The molecule has 0 bridgehead atoms. The van der Waals surface area contributed by atoms with Crippen molar-refractivity contribution in [3.8, 4) is 6.07 Å². The molecule has 1 aliphatic carbocycles. The third-order valence-corrected chi connectivity index (χ3v) is 5.48. The summed E-state index contributed by atoms with van der Waals surface area (Å²) in [5, 5.41) is 21.2. The predicted octanol–water partition coefficient (Wildman–Crippen LogP) is 2.81. The number of carboxylic acids is 1. The van der Waals surface area contributed by atoms with E-state index in [0.29, 0.717) is 16.5 Å². The summed E-state index contributed by atoms with van der Waals surface area (Å²) in [6.45, 7) is 5.81. The molecule has 0 fully saturated rings. The van der Waals surface area contributed by atoms with Gasteiger partial charge in [0.05, 0.1) is 5.56 Å². The van der Waals surface area contributed by atoms with Gasteiger partial charge in [-0.1, -0.05) is 20.8 Å². The van der Waals surface area contributed by atoms with E-state index in [4.69, 9.17) is 9.84 Å². The Kier molecular flexibility index (Phi) is 5.62. The van der Waals surface area contributed by atoms with Gasteiger partial charge in [-0.15, -0.1) is 11.3 Å². The first kappa shape index (κ1) is 18.4. The second kappa shape index (κ2) is 7.32. The van der Waals surface area contributed by atoms with Crippen molar-refractivity contribution in [2.24, 2.45) is 11.3 Å². The molecule has 1 heterocycles. The Morgan fingerprint density at radius 2 is 2.12 bits per heavy atom. The van der Waals surface area contributed by atoms with Crippen LogP contribution >= 0.6 is 11.3 Å². The van der Waals surface area contributed by atoms with Crippen LogP contribution in [0.4, 0.5) is 5.00 Å². The highest BCUT2D eigenvalue weighted by Crippen LogP contribution is 2.43. The van der Waals surface area contributed by atoms with Crippen LogP contribution in [0.2, 0.25) is 0 Å². The minimum absolute atomic E-state index is 0.211. The van der Waals surface area contributed by atoms with Crippen LogP contribution in [0, 0.1) is 22.7 Å². The highest BCUT2D eigenvalue weighted by molar-refractivity contribution is 7.16. The van der Waals surface area contributed by atoms with Crippen LogP contribution in [-0.4, -0.2) is 30.2 Å². The summed E-state index contributed by atoms with van der Waals surface area (Å²) in [6, 6.07) is 2.20. The zero-order valence-electron chi connectivity index (χ0n) is 14.1. The summed E-state index contributed by atoms with van der Waals surface area (Å²) >= 11 is 1.45. The van der Waals surface area contributed by atoms with Crippen molar-refractivity contribution in [2.45, 2.75) is 40.0 Å². The highest BCUT2D eigenvalue weighted by Gasteiger charge is 2.32. The molecule has 7 heteroatoms. The SMILES string of the molecule is CC(C)(C)[C@@H]1CCc2c(sc(NC(=O)COCC(=O)O)c2C#N)C1. The van der Waals surface area contributed by atoms with Gasteiger partial charge in [0, 0.05) is 4.88 Å². The van der Waals surface area contributed by atoms with E-state index < -0.39 is 18.5 Å². The number of hydrogen-bond acceptors (Lipinski definition) is 5. The number of thiophene rings is 1. The van der Waals surface area contributed by atoms with Crippen LogP contribution in [0.5, 0.6) is 0 Å². The van der Waals surface area contributed by atoms with Crippen molar-refractivity contribution in [2.75, 3.05) is 18.5 Å². The molecular weight excluding hydrogens is 328 g/mol. The third-order valence-electron chi connectivity index (χ3n) is 4.31. The Bertz CT molecular complexity index is 682. The van der Waals surface area contributed by atoms with Crippen LogP contribution in [0.3, 0.4) is 0 Å². The quantitative estimate of drug-likeness (QED) is 0.850. The number of amides is 1. The number of ether oxygens (including phenoxy) is 1. The topological polar surface area (TPSA) is 99.4 Å². The van der Waals surface area contributed by atoms with Crippen molar-refractivity contribution < 1.29 is 19.4 Å². The molecule has 2 N–H and O–H groups in total. The number of fused-ring (bicyclic) bond motifs is 1. The molecule has 0 saturated heterocycles. The molecule has 2 rings (SSSR count). The van der Waals surface area contributed by atoms with Gasteiger partial charge in [0.2, 0.25) is 0 Å². The van der Waals surface area contributed by atoms with Crippen LogP contribution in [-0.2, 0) is 27.2 Å². The Morgan fingerprint density at radius 3 is 2.71 bits per heavy atom. The number of carboxylic acid groups (broad SMARTS) is 1. The second-order valence-corrected chi connectivity index (χ2v) is 8.17. The van der Waals surface area contributed by atoms with Gasteiger partial charge < -0.3 is 15.2 Å². The van der Waals surface area contributed by atoms with Crippen molar-refractivity contribution in [1.82, 2.24) is 0 Å². The molecule has 0 unspecified atom stereocenters. The first-order valence-electron chi connectivity index (χ1n) is 7.86. The van der Waals surface area contributed by atoms with Crippen molar-refractivity contribution in [1.29, 1.82) is 5.26 Å². The number of nitriles is 1. The average molecular weight is 350 g/mol. The average Bonchev–Trinajstić information content (AvgIpc) is 2.81. The molecule has 1 aromatic heterocycles. The van der Waals surface area contributed by atoms with Crippen LogP contribution in [0.1, 0.15) is 43.2 Å². The zero-order chi connectivity index (χ0) is 17.9. The molecule has 130 valence electrons. The summed E-state index contributed by atoms with van der Waals surface area (Å²) in [5.41, 5.74) is 1.79. The van der Waals surface area contributed by atoms with E-state index in [2.05, 4.69) is 32.2 Å². The van der Waals surface area contributed by atoms with Gasteiger partial charge in [-0.05, 0) is 36.2 Å². The number of aliphatic carboxylic acids is 1. The molecule has 1 aliphatic rings. The van der Waals surface area contributed by atoms with Crippen LogP contribution in [0.15, 0.2) is 0 Å². The Labute approximate surface area is 145 Å². The molecule has 1 atom stereocenters. The maximum atomic E-state index is 11.9. The lowest BCUT2D eigenvalue weighted by atomic mass is 9.72. The van der Waals surface area contributed by atoms with E-state index in [1.165, 1.54) is 16.2 Å². The predicted molar refractivity (Wildman–Crippen MR) is 91.1 cm³/mol. The standard InChI is InChI=1S/C17H22N2O4S/c1-17(2,3)10-4-5-11-12(7-18)16(24-13(11)6-10)19-14(20)8-23-9-15(21)22/h10H,4-6,8-9H2,1-3H3,(H,19,20)(H,21,22)/t10-/m1/s1. The lowest BCUT2D eigenvalue weighted by Crippen LogP contribution is -2.26. The lowest BCUT2D eigenvalue weighted by molar-refractivity contribution is -0.143. The molecule has 0 radical (unpaired) electrons. The second-order valence-electron chi connectivity index (χ2n) is 7.06. The van der Waals surface area contributed by atoms with Gasteiger partial charge in [0.25, 0.3) is 5.91 Å². The normalized spacial score (nSPS) is 17.0. The van der Waals surface area contributed by atoms with Gasteiger partial charge in [-0.3, -0.25) is 4.79 Å². The Hall–Kier alpha value is -1.91. The lowest BCUT2D eigenvalue weighted by Gasteiger charge is -2.33. The zero-order valence-corrected chi connectivity index (χ0v) is 15.0. The van der Waals surface area contributed by atoms with Crippen LogP contribution in [0.25, 0.3) is 0 Å². The van der Waals surface area contributed by atoms with E-state index >= 15 is 0 Å². The number of nitrogens with zero attached hydrogens (tertiary/aromatic N) is 1. The van der Waals surface area contributed by atoms with Crippen LogP contribution < -0.4 is 5.32 Å². The molecule has 0 aromatic carbocycles. The van der Waals surface area contributed by atoms with Crippen molar-refractivity contribution in [3.05, 3.63) is 16.0 Å². The number of nitrogens with one attached hydrogen (secondary N) is 1. The summed E-state index contributed by atoms with van der Waals surface area (Å²) in [6.07, 6.45) is 2.81. The molecule has 24 heavy (non-hydrogen) atoms. The Balaban J connectivity index is 2.10. The molecule has 6 nitrogen and oxygen atoms in total. The largest absolute Gasteiger partial charge is 0.480 e. The first-order chi connectivity index (χ1) is 11.2. The molecule has 1 aromatic rings. The van der Waals surface area contributed by atoms with Crippen molar-refractivity contribution >= 4 is 28.2 Å². The fourth-order valence-electron chi connectivity index (χ4n) is 2.93. The third kappa shape index (κ3) is 4.34. The number of anilines is 1. The maximum Gasteiger partial charge on any atom is 0.329 e. The number of rotatable bonds is 5. The van der Waals surface area contributed by atoms with Gasteiger partial charge in [0.1, 0.15) is 24.3 Å². The van der Waals surface area contributed by atoms with E-state index in [0.717, 1.165) is 24.8 Å². The highest BCUT2D eigenvalue weighted by atomic mass is 32.1. The molecular formula is C17H22N2O4S. The Morgan fingerprint density at radius 1 is 1.42 bits per heavy atom. The maximum absolute atomic E-state index is 11.9. The smallest absolute Gasteiger partial charge is 0.329 e. The number of hydrogen-bond donors (Lipinski definition) is 2. The molecule has 1 amide bonds. The summed E-state index contributed by atoms with van der Waals surface area (Å²) in [7, 11) is 0. The van der Waals surface area contributed by atoms with E-state index in [-0.39, 0.29) is 12.0 Å². The minimum atomic E-state index is -1.12. The summed E-state index contributed by atoms with van der Waals surface area (Å²) in [5.74, 6) is -1.02.